The van der Waals surface area contributed by atoms with Gasteiger partial charge in [-0.2, -0.15) is 5.10 Å². The third-order valence-electron chi connectivity index (χ3n) is 5.21. The van der Waals surface area contributed by atoms with Crippen LogP contribution in [-0.4, -0.2) is 31.7 Å². The molecule has 2 unspecified atom stereocenters. The van der Waals surface area contributed by atoms with Gasteiger partial charge < -0.3 is 4.90 Å². The molecule has 1 aromatic carbocycles. The van der Waals surface area contributed by atoms with E-state index < -0.39 is 0 Å². The number of hydrogen-bond donors (Lipinski definition) is 2. The average molecular weight is 322 g/mol. The van der Waals surface area contributed by atoms with Crippen LogP contribution >= 0.6 is 0 Å². The van der Waals surface area contributed by atoms with Gasteiger partial charge in [-0.25, -0.2) is 19.9 Å². The molecule has 0 amide bonds. The predicted octanol–water partition coefficient (Wildman–Crippen LogP) is 2.02. The second-order valence-electron chi connectivity index (χ2n) is 6.72. The minimum Gasteiger partial charge on any atom is -0.330 e. The molecule has 0 bridgehead atoms. The van der Waals surface area contributed by atoms with Crippen LogP contribution in [0.2, 0.25) is 0 Å². The fraction of sp³-hybridized carbons (Fsp3) is 0.412. The number of aromatic amines is 2. The van der Waals surface area contributed by atoms with E-state index in [4.69, 9.17) is 4.98 Å². The Morgan fingerprint density at radius 3 is 2.83 bits per heavy atom. The van der Waals surface area contributed by atoms with Crippen LogP contribution < -0.4 is 10.6 Å². The number of hydrogen-bond acceptors (Lipinski definition) is 5. The van der Waals surface area contributed by atoms with Crippen LogP contribution in [-0.2, 0) is 0 Å². The Balaban J connectivity index is 1.57. The maximum absolute atomic E-state index is 11.5. The van der Waals surface area contributed by atoms with Crippen LogP contribution in [0.1, 0.15) is 31.1 Å². The first-order valence-electron chi connectivity index (χ1n) is 8.42. The summed E-state index contributed by atoms with van der Waals surface area (Å²) in [7, 11) is 0. The molecule has 1 saturated heterocycles. The molecule has 2 aliphatic rings. The van der Waals surface area contributed by atoms with E-state index in [2.05, 4.69) is 25.1 Å². The Kier molecular flexibility index (Phi) is 2.95. The van der Waals surface area contributed by atoms with Gasteiger partial charge in [0.15, 0.2) is 5.82 Å². The first kappa shape index (κ1) is 13.7. The van der Waals surface area contributed by atoms with Gasteiger partial charge >= 0.3 is 5.69 Å². The van der Waals surface area contributed by atoms with Gasteiger partial charge in [0.1, 0.15) is 0 Å². The highest BCUT2D eigenvalue weighted by atomic mass is 16.1. The standard InChI is InChI=1S/C17H18N6O/c24-17-20-15(21-22-17)14-12(10-5-6-10)7-8-23(14)16-18-9-11-3-1-2-4-13(11)19-16/h1-4,9-10,12,14H,5-8H2,(H2,20,21,22,24). The number of benzene rings is 1. The van der Waals surface area contributed by atoms with Crippen molar-refractivity contribution in [3.8, 4) is 0 Å². The van der Waals surface area contributed by atoms with Crippen molar-refractivity contribution in [2.75, 3.05) is 11.4 Å². The van der Waals surface area contributed by atoms with Crippen LogP contribution in [0.25, 0.3) is 10.9 Å². The summed E-state index contributed by atoms with van der Waals surface area (Å²) in [5.74, 6) is 2.64. The quantitative estimate of drug-likeness (QED) is 0.770. The van der Waals surface area contributed by atoms with Crippen LogP contribution in [0.3, 0.4) is 0 Å². The van der Waals surface area contributed by atoms with Gasteiger partial charge in [0.2, 0.25) is 5.95 Å². The zero-order valence-corrected chi connectivity index (χ0v) is 13.1. The lowest BCUT2D eigenvalue weighted by molar-refractivity contribution is 0.413. The third kappa shape index (κ3) is 2.19. The second-order valence-corrected chi connectivity index (χ2v) is 6.72. The van der Waals surface area contributed by atoms with Gasteiger partial charge in [-0.1, -0.05) is 18.2 Å². The molecule has 1 saturated carbocycles. The van der Waals surface area contributed by atoms with Crippen molar-refractivity contribution < 1.29 is 0 Å². The van der Waals surface area contributed by atoms with E-state index in [9.17, 15) is 4.79 Å². The maximum Gasteiger partial charge on any atom is 0.340 e. The number of H-pyrrole nitrogens is 2. The summed E-state index contributed by atoms with van der Waals surface area (Å²) in [6.45, 7) is 0.888. The number of para-hydroxylation sites is 1. The van der Waals surface area contributed by atoms with Crippen LogP contribution in [0.5, 0.6) is 0 Å². The molecular formula is C17H18N6O. The molecule has 24 heavy (non-hydrogen) atoms. The van der Waals surface area contributed by atoms with E-state index in [1.54, 1.807) is 0 Å². The maximum atomic E-state index is 11.5. The monoisotopic (exact) mass is 322 g/mol. The summed E-state index contributed by atoms with van der Waals surface area (Å²) in [5, 5.41) is 7.74. The van der Waals surface area contributed by atoms with E-state index >= 15 is 0 Å². The Labute approximate surface area is 138 Å². The van der Waals surface area contributed by atoms with Gasteiger partial charge in [0.25, 0.3) is 0 Å². The molecule has 1 aliphatic carbocycles. The lowest BCUT2D eigenvalue weighted by atomic mass is 9.94. The molecule has 7 heteroatoms. The largest absolute Gasteiger partial charge is 0.340 e. The van der Waals surface area contributed by atoms with Crippen molar-refractivity contribution in [1.29, 1.82) is 0 Å². The molecule has 3 heterocycles. The first-order chi connectivity index (χ1) is 11.8. The molecule has 2 N–H and O–H groups in total. The van der Waals surface area contributed by atoms with Gasteiger partial charge in [0, 0.05) is 18.1 Å². The molecule has 0 spiro atoms. The summed E-state index contributed by atoms with van der Waals surface area (Å²) in [5.41, 5.74) is 0.678. The van der Waals surface area contributed by atoms with Crippen molar-refractivity contribution in [2.45, 2.75) is 25.3 Å². The first-order valence-corrected chi connectivity index (χ1v) is 8.42. The summed E-state index contributed by atoms with van der Waals surface area (Å²) < 4.78 is 0. The van der Waals surface area contributed by atoms with Gasteiger partial charge in [-0.3, -0.25) is 4.98 Å². The highest BCUT2D eigenvalue weighted by Crippen LogP contribution is 2.50. The topological polar surface area (TPSA) is 90.6 Å². The minimum absolute atomic E-state index is 0.0395. The number of nitrogens with one attached hydrogen (secondary N) is 2. The van der Waals surface area contributed by atoms with Gasteiger partial charge in [0.05, 0.1) is 11.6 Å². The van der Waals surface area contributed by atoms with Crippen molar-refractivity contribution >= 4 is 16.9 Å². The molecule has 2 fully saturated rings. The molecule has 2 atom stereocenters. The van der Waals surface area contributed by atoms with E-state index in [-0.39, 0.29) is 11.7 Å². The predicted molar refractivity (Wildman–Crippen MR) is 89.7 cm³/mol. The Hall–Kier alpha value is -2.70. The van der Waals surface area contributed by atoms with Crippen LogP contribution in [0, 0.1) is 11.8 Å². The number of rotatable bonds is 3. The average Bonchev–Trinajstić information content (AvgIpc) is 3.21. The SMILES string of the molecule is O=c1[nH]nc(C2C(C3CC3)CCN2c2ncc3ccccc3n2)[nH]1. The third-order valence-corrected chi connectivity index (χ3v) is 5.21. The highest BCUT2D eigenvalue weighted by Gasteiger charge is 2.46. The molecule has 7 nitrogen and oxygen atoms in total. The normalized spacial score (nSPS) is 23.9. The van der Waals surface area contributed by atoms with Crippen molar-refractivity contribution in [3.05, 3.63) is 46.8 Å². The zero-order chi connectivity index (χ0) is 16.1. The van der Waals surface area contributed by atoms with E-state index in [0.717, 1.165) is 29.8 Å². The summed E-state index contributed by atoms with van der Waals surface area (Å²) in [6.07, 6.45) is 5.48. The lowest BCUT2D eigenvalue weighted by Crippen LogP contribution is -2.28. The molecule has 2 aromatic heterocycles. The lowest BCUT2D eigenvalue weighted by Gasteiger charge is -2.26. The smallest absolute Gasteiger partial charge is 0.330 e. The minimum atomic E-state index is -0.258. The summed E-state index contributed by atoms with van der Waals surface area (Å²) in [6, 6.07) is 8.03. The number of anilines is 1. The van der Waals surface area contributed by atoms with Gasteiger partial charge in [-0.05, 0) is 37.2 Å². The zero-order valence-electron chi connectivity index (χ0n) is 13.1. The molecule has 1 aliphatic heterocycles. The fourth-order valence-electron chi connectivity index (χ4n) is 3.93. The van der Waals surface area contributed by atoms with Gasteiger partial charge in [-0.15, -0.1) is 0 Å². The van der Waals surface area contributed by atoms with Crippen LogP contribution in [0.15, 0.2) is 35.3 Å². The number of nitrogens with zero attached hydrogens (tertiary/aromatic N) is 4. The Morgan fingerprint density at radius 2 is 2.04 bits per heavy atom. The Bertz CT molecular complexity index is 943. The molecule has 5 rings (SSSR count). The second kappa shape index (κ2) is 5.15. The number of aromatic nitrogens is 5. The Morgan fingerprint density at radius 1 is 1.17 bits per heavy atom. The summed E-state index contributed by atoms with van der Waals surface area (Å²) >= 11 is 0. The molecule has 3 aromatic rings. The number of fused-ring (bicyclic) bond motifs is 1. The van der Waals surface area contributed by atoms with E-state index in [0.29, 0.717) is 17.7 Å². The molecule has 0 radical (unpaired) electrons. The summed E-state index contributed by atoms with van der Waals surface area (Å²) in [4.78, 5) is 25.9. The molecule has 122 valence electrons. The molecular weight excluding hydrogens is 304 g/mol. The van der Waals surface area contributed by atoms with E-state index in [1.807, 2.05) is 30.5 Å². The fourth-order valence-corrected chi connectivity index (χ4v) is 3.93. The van der Waals surface area contributed by atoms with Crippen molar-refractivity contribution in [2.24, 2.45) is 11.8 Å². The van der Waals surface area contributed by atoms with Crippen LogP contribution in [0.4, 0.5) is 5.95 Å². The highest BCUT2D eigenvalue weighted by molar-refractivity contribution is 5.78. The van der Waals surface area contributed by atoms with Crippen molar-refractivity contribution in [3.63, 3.8) is 0 Å². The van der Waals surface area contributed by atoms with E-state index in [1.165, 1.54) is 12.8 Å². The van der Waals surface area contributed by atoms with Crippen molar-refractivity contribution in [1.82, 2.24) is 25.1 Å².